The minimum absolute atomic E-state index is 0.0222. The molecule has 0 saturated carbocycles. The number of benzene rings is 2. The molecule has 2 aromatic rings. The van der Waals surface area contributed by atoms with Gasteiger partial charge in [0, 0.05) is 13.5 Å². The van der Waals surface area contributed by atoms with Gasteiger partial charge in [0.25, 0.3) is 10.0 Å². The standard InChI is InChI=1S/C18H20N2O6S2/c1-3-26-16-10-9-15(20-18(21)11-12-27(20,22)23)13-17(16)28(24,25)19(2)14-7-5-4-6-8-14/h4-10,13H,3,11-12H2,1-2H3. The molecule has 0 aromatic heterocycles. The van der Waals surface area contributed by atoms with Gasteiger partial charge in [-0.25, -0.2) is 21.1 Å². The SMILES string of the molecule is CCOc1ccc(N2C(=O)CCS2(=O)=O)cc1S(=O)(=O)N(C)c1ccccc1. The molecule has 1 fully saturated rings. The molecule has 1 aliphatic heterocycles. The average Bonchev–Trinajstić information content (AvgIpc) is 2.95. The molecule has 0 atom stereocenters. The number of rotatable bonds is 6. The fourth-order valence-electron chi connectivity index (χ4n) is 2.89. The zero-order valence-corrected chi connectivity index (χ0v) is 17.0. The summed E-state index contributed by atoms with van der Waals surface area (Å²) in [6.45, 7) is 1.93. The summed E-state index contributed by atoms with van der Waals surface area (Å²) in [4.78, 5) is 11.9. The molecule has 0 spiro atoms. The molecular weight excluding hydrogens is 404 g/mol. The molecule has 3 rings (SSSR count). The Bertz CT molecular complexity index is 1100. The Morgan fingerprint density at radius 2 is 1.82 bits per heavy atom. The minimum Gasteiger partial charge on any atom is -0.492 e. The summed E-state index contributed by atoms with van der Waals surface area (Å²) in [5, 5.41) is 0. The lowest BCUT2D eigenvalue weighted by Crippen LogP contribution is -2.30. The van der Waals surface area contributed by atoms with E-state index in [1.54, 1.807) is 37.3 Å². The zero-order chi connectivity index (χ0) is 20.5. The van der Waals surface area contributed by atoms with Crippen molar-refractivity contribution < 1.29 is 26.4 Å². The monoisotopic (exact) mass is 424 g/mol. The number of sulfonamides is 2. The van der Waals surface area contributed by atoms with Crippen LogP contribution in [-0.4, -0.2) is 42.2 Å². The first kappa shape index (κ1) is 20.2. The molecule has 1 saturated heterocycles. The second-order valence-electron chi connectivity index (χ2n) is 6.10. The lowest BCUT2D eigenvalue weighted by Gasteiger charge is -2.23. The molecule has 1 aliphatic rings. The Labute approximate surface area is 164 Å². The predicted molar refractivity (Wildman–Crippen MR) is 106 cm³/mol. The summed E-state index contributed by atoms with van der Waals surface area (Å²) in [6.07, 6.45) is -0.137. The van der Waals surface area contributed by atoms with Crippen LogP contribution >= 0.6 is 0 Å². The van der Waals surface area contributed by atoms with Crippen molar-refractivity contribution in [2.24, 2.45) is 0 Å². The summed E-state index contributed by atoms with van der Waals surface area (Å²) < 4.78 is 58.1. The number of carbonyl (C=O) groups excluding carboxylic acids is 1. The molecule has 10 heteroatoms. The van der Waals surface area contributed by atoms with Crippen molar-refractivity contribution >= 4 is 37.3 Å². The highest BCUT2D eigenvalue weighted by Gasteiger charge is 2.37. The number of para-hydroxylation sites is 1. The van der Waals surface area contributed by atoms with Crippen LogP contribution in [0.2, 0.25) is 0 Å². The van der Waals surface area contributed by atoms with Gasteiger partial charge in [-0.2, -0.15) is 0 Å². The van der Waals surface area contributed by atoms with Gasteiger partial charge in [-0.3, -0.25) is 9.10 Å². The Kier molecular flexibility index (Phi) is 5.35. The van der Waals surface area contributed by atoms with Crippen LogP contribution in [0.4, 0.5) is 11.4 Å². The van der Waals surface area contributed by atoms with Crippen LogP contribution in [0.3, 0.4) is 0 Å². The van der Waals surface area contributed by atoms with E-state index in [9.17, 15) is 21.6 Å². The molecule has 0 radical (unpaired) electrons. The van der Waals surface area contributed by atoms with E-state index in [0.717, 1.165) is 4.31 Å². The lowest BCUT2D eigenvalue weighted by molar-refractivity contribution is -0.116. The van der Waals surface area contributed by atoms with Crippen LogP contribution in [-0.2, 0) is 24.8 Å². The van der Waals surface area contributed by atoms with Crippen molar-refractivity contribution in [1.82, 2.24) is 0 Å². The third kappa shape index (κ3) is 3.57. The van der Waals surface area contributed by atoms with Gasteiger partial charge in [-0.1, -0.05) is 18.2 Å². The maximum atomic E-state index is 13.2. The topological polar surface area (TPSA) is 101 Å². The van der Waals surface area contributed by atoms with E-state index >= 15 is 0 Å². The Balaban J connectivity index is 2.14. The van der Waals surface area contributed by atoms with E-state index < -0.39 is 26.0 Å². The highest BCUT2D eigenvalue weighted by molar-refractivity contribution is 7.94. The van der Waals surface area contributed by atoms with Crippen LogP contribution in [0.15, 0.2) is 53.4 Å². The Morgan fingerprint density at radius 3 is 2.39 bits per heavy atom. The van der Waals surface area contributed by atoms with Crippen LogP contribution in [0, 0.1) is 0 Å². The number of carbonyl (C=O) groups is 1. The zero-order valence-electron chi connectivity index (χ0n) is 15.4. The van der Waals surface area contributed by atoms with Crippen LogP contribution < -0.4 is 13.3 Å². The predicted octanol–water partition coefficient (Wildman–Crippen LogP) is 1.98. The third-order valence-electron chi connectivity index (χ3n) is 4.30. The third-order valence-corrected chi connectivity index (χ3v) is 7.80. The number of nitrogens with zero attached hydrogens (tertiary/aromatic N) is 2. The second kappa shape index (κ2) is 7.44. The molecule has 28 heavy (non-hydrogen) atoms. The number of hydrogen-bond acceptors (Lipinski definition) is 6. The van der Waals surface area contributed by atoms with Crippen LogP contribution in [0.1, 0.15) is 13.3 Å². The summed E-state index contributed by atoms with van der Waals surface area (Å²) in [5.41, 5.74) is 0.409. The first-order valence-corrected chi connectivity index (χ1v) is 11.6. The normalized spacial score (nSPS) is 16.2. The Hall–Kier alpha value is -2.59. The van der Waals surface area contributed by atoms with Gasteiger partial charge in [0.15, 0.2) is 0 Å². The first-order chi connectivity index (χ1) is 13.2. The second-order valence-corrected chi connectivity index (χ2v) is 9.97. The van der Waals surface area contributed by atoms with E-state index in [0.29, 0.717) is 9.99 Å². The molecule has 0 N–H and O–H groups in total. The van der Waals surface area contributed by atoms with Gasteiger partial charge in [0.2, 0.25) is 15.9 Å². The number of ether oxygens (including phenoxy) is 1. The van der Waals surface area contributed by atoms with E-state index in [-0.39, 0.29) is 35.1 Å². The molecule has 0 aliphatic carbocycles. The van der Waals surface area contributed by atoms with Gasteiger partial charge in [0.1, 0.15) is 10.6 Å². The van der Waals surface area contributed by atoms with E-state index in [1.165, 1.54) is 25.2 Å². The number of anilines is 2. The summed E-state index contributed by atoms with van der Waals surface area (Å²) in [7, 11) is -6.50. The van der Waals surface area contributed by atoms with E-state index in [2.05, 4.69) is 0 Å². The van der Waals surface area contributed by atoms with Gasteiger partial charge >= 0.3 is 0 Å². The number of amides is 1. The molecule has 0 bridgehead atoms. The van der Waals surface area contributed by atoms with Crippen molar-refractivity contribution in [3.05, 3.63) is 48.5 Å². The number of hydrogen-bond donors (Lipinski definition) is 0. The van der Waals surface area contributed by atoms with Crippen molar-refractivity contribution in [2.45, 2.75) is 18.2 Å². The van der Waals surface area contributed by atoms with Crippen LogP contribution in [0.5, 0.6) is 5.75 Å². The first-order valence-electron chi connectivity index (χ1n) is 8.55. The molecule has 1 heterocycles. The van der Waals surface area contributed by atoms with Crippen molar-refractivity contribution in [3.63, 3.8) is 0 Å². The minimum atomic E-state index is -4.08. The molecular formula is C18H20N2O6S2. The fourth-order valence-corrected chi connectivity index (χ4v) is 5.69. The quantitative estimate of drug-likeness (QED) is 0.703. The van der Waals surface area contributed by atoms with Gasteiger partial charge in [-0.15, -0.1) is 0 Å². The molecule has 1 amide bonds. The van der Waals surface area contributed by atoms with E-state index in [1.807, 2.05) is 0 Å². The average molecular weight is 425 g/mol. The smallest absolute Gasteiger partial charge is 0.267 e. The largest absolute Gasteiger partial charge is 0.492 e. The van der Waals surface area contributed by atoms with Crippen molar-refractivity contribution in [3.8, 4) is 5.75 Å². The highest BCUT2D eigenvalue weighted by atomic mass is 32.2. The van der Waals surface area contributed by atoms with Gasteiger partial charge < -0.3 is 4.74 Å². The van der Waals surface area contributed by atoms with Crippen molar-refractivity contribution in [2.75, 3.05) is 28.0 Å². The maximum Gasteiger partial charge on any atom is 0.267 e. The van der Waals surface area contributed by atoms with Gasteiger partial charge in [-0.05, 0) is 37.3 Å². The lowest BCUT2D eigenvalue weighted by atomic mass is 10.3. The fraction of sp³-hybridized carbons (Fsp3) is 0.278. The Morgan fingerprint density at radius 1 is 1.14 bits per heavy atom. The molecule has 0 unspecified atom stereocenters. The molecule has 2 aromatic carbocycles. The van der Waals surface area contributed by atoms with Crippen LogP contribution in [0.25, 0.3) is 0 Å². The molecule has 150 valence electrons. The summed E-state index contributed by atoms with van der Waals surface area (Å²) in [5.74, 6) is -0.813. The summed E-state index contributed by atoms with van der Waals surface area (Å²) in [6, 6.07) is 12.3. The van der Waals surface area contributed by atoms with E-state index in [4.69, 9.17) is 4.74 Å². The van der Waals surface area contributed by atoms with Gasteiger partial charge in [0.05, 0.1) is 23.7 Å². The highest BCUT2D eigenvalue weighted by Crippen LogP contribution is 2.35. The maximum absolute atomic E-state index is 13.2. The molecule has 8 nitrogen and oxygen atoms in total. The van der Waals surface area contributed by atoms with Crippen molar-refractivity contribution in [1.29, 1.82) is 0 Å². The summed E-state index contributed by atoms with van der Waals surface area (Å²) >= 11 is 0.